The lowest BCUT2D eigenvalue weighted by molar-refractivity contribution is -0.179. The van der Waals surface area contributed by atoms with Gasteiger partial charge in [-0.05, 0) is 63.1 Å². The Kier molecular flexibility index (Phi) is 8.18. The fraction of sp³-hybridized carbons (Fsp3) is 0.400. The van der Waals surface area contributed by atoms with E-state index in [4.69, 9.17) is 28.4 Å². The van der Waals surface area contributed by atoms with Gasteiger partial charge in [-0.1, -0.05) is 49.6 Å². The minimum absolute atomic E-state index is 0.116. The summed E-state index contributed by atoms with van der Waals surface area (Å²) in [4.78, 5) is 25.9. The summed E-state index contributed by atoms with van der Waals surface area (Å²) < 4.78 is 35.7. The molecular formula is C30H34O8. The molecule has 0 aliphatic carbocycles. The van der Waals surface area contributed by atoms with Crippen molar-refractivity contribution in [3.63, 3.8) is 0 Å². The SMILES string of the molecule is C=Cc1ccc(C(=O)OC[C@H]2OC(C)(C)O[C@H]2[C@H](OC(=O)c2ccc(C=C)cc2)[C@@H]2COC(C)(C)O2)cc1. The van der Waals surface area contributed by atoms with Gasteiger partial charge in [0.05, 0.1) is 17.7 Å². The van der Waals surface area contributed by atoms with Crippen LogP contribution in [0.15, 0.2) is 61.7 Å². The van der Waals surface area contributed by atoms with Crippen molar-refractivity contribution in [2.24, 2.45) is 0 Å². The van der Waals surface area contributed by atoms with E-state index in [0.717, 1.165) is 11.1 Å². The first kappa shape index (κ1) is 27.7. The quantitative estimate of drug-likeness (QED) is 0.424. The highest BCUT2D eigenvalue weighted by Gasteiger charge is 2.52. The maximum atomic E-state index is 13.2. The van der Waals surface area contributed by atoms with Gasteiger partial charge in [-0.2, -0.15) is 0 Å². The number of hydrogen-bond acceptors (Lipinski definition) is 8. The van der Waals surface area contributed by atoms with E-state index in [1.807, 2.05) is 0 Å². The van der Waals surface area contributed by atoms with Crippen molar-refractivity contribution in [2.45, 2.75) is 63.7 Å². The van der Waals surface area contributed by atoms with Gasteiger partial charge in [-0.15, -0.1) is 0 Å². The van der Waals surface area contributed by atoms with E-state index in [0.29, 0.717) is 11.1 Å². The minimum Gasteiger partial charge on any atom is -0.459 e. The first-order chi connectivity index (χ1) is 18.0. The summed E-state index contributed by atoms with van der Waals surface area (Å²) in [7, 11) is 0. The minimum atomic E-state index is -1.02. The highest BCUT2D eigenvalue weighted by atomic mass is 16.8. The summed E-state index contributed by atoms with van der Waals surface area (Å²) in [6.07, 6.45) is 0.329. The second-order valence-corrected chi connectivity index (χ2v) is 10.1. The predicted octanol–water partition coefficient (Wildman–Crippen LogP) is 5.03. The Morgan fingerprint density at radius 3 is 1.92 bits per heavy atom. The molecule has 8 heteroatoms. The molecule has 8 nitrogen and oxygen atoms in total. The average molecular weight is 523 g/mol. The molecule has 0 aromatic heterocycles. The zero-order chi connectivity index (χ0) is 27.5. The second kappa shape index (κ2) is 11.2. The maximum Gasteiger partial charge on any atom is 0.338 e. The summed E-state index contributed by atoms with van der Waals surface area (Å²) in [6.45, 7) is 14.6. The van der Waals surface area contributed by atoms with E-state index in [1.165, 1.54) is 0 Å². The Bertz CT molecular complexity index is 1170. The molecule has 0 saturated carbocycles. The number of esters is 2. The van der Waals surface area contributed by atoms with Gasteiger partial charge >= 0.3 is 11.9 Å². The van der Waals surface area contributed by atoms with E-state index < -0.39 is 47.9 Å². The Balaban J connectivity index is 1.53. The number of carbonyl (C=O) groups is 2. The lowest BCUT2D eigenvalue weighted by Gasteiger charge is -2.30. The summed E-state index contributed by atoms with van der Waals surface area (Å²) >= 11 is 0. The van der Waals surface area contributed by atoms with Crippen LogP contribution in [-0.4, -0.2) is 61.1 Å². The molecule has 4 atom stereocenters. The molecule has 202 valence electrons. The largest absolute Gasteiger partial charge is 0.459 e. The summed E-state index contributed by atoms with van der Waals surface area (Å²) in [5, 5.41) is 0. The van der Waals surface area contributed by atoms with Crippen molar-refractivity contribution < 1.29 is 38.0 Å². The summed E-state index contributed by atoms with van der Waals surface area (Å²) in [5.74, 6) is -2.94. The summed E-state index contributed by atoms with van der Waals surface area (Å²) in [5.41, 5.74) is 2.53. The van der Waals surface area contributed by atoms with Crippen LogP contribution in [0.4, 0.5) is 0 Å². The number of carbonyl (C=O) groups excluding carboxylic acids is 2. The van der Waals surface area contributed by atoms with E-state index in [2.05, 4.69) is 13.2 Å². The molecule has 0 bridgehead atoms. The molecule has 2 aromatic carbocycles. The Labute approximate surface area is 223 Å². The normalized spacial score (nSPS) is 24.4. The van der Waals surface area contributed by atoms with Crippen LogP contribution in [0, 0.1) is 0 Å². The molecule has 0 spiro atoms. The van der Waals surface area contributed by atoms with Crippen molar-refractivity contribution in [3.05, 3.63) is 83.9 Å². The Hall–Kier alpha value is -3.30. The van der Waals surface area contributed by atoms with Crippen LogP contribution in [0.5, 0.6) is 0 Å². The number of hydrogen-bond donors (Lipinski definition) is 0. The van der Waals surface area contributed by atoms with E-state index in [1.54, 1.807) is 88.4 Å². The first-order valence-electron chi connectivity index (χ1n) is 12.5. The van der Waals surface area contributed by atoms with Gasteiger partial charge in [-0.25, -0.2) is 9.59 Å². The molecule has 2 saturated heterocycles. The van der Waals surface area contributed by atoms with Gasteiger partial charge in [0.2, 0.25) is 0 Å². The van der Waals surface area contributed by atoms with Gasteiger partial charge in [0.1, 0.15) is 24.9 Å². The topological polar surface area (TPSA) is 89.5 Å². The fourth-order valence-corrected chi connectivity index (χ4v) is 4.45. The van der Waals surface area contributed by atoms with Crippen LogP contribution >= 0.6 is 0 Å². The van der Waals surface area contributed by atoms with Crippen LogP contribution in [0.1, 0.15) is 59.5 Å². The third-order valence-electron chi connectivity index (χ3n) is 6.33. The molecule has 2 fully saturated rings. The van der Waals surface area contributed by atoms with Gasteiger partial charge < -0.3 is 28.4 Å². The van der Waals surface area contributed by atoms with Gasteiger partial charge in [0.15, 0.2) is 17.7 Å². The highest BCUT2D eigenvalue weighted by molar-refractivity contribution is 5.90. The molecule has 4 rings (SSSR count). The van der Waals surface area contributed by atoms with E-state index >= 15 is 0 Å². The third-order valence-corrected chi connectivity index (χ3v) is 6.33. The Morgan fingerprint density at radius 1 is 0.868 bits per heavy atom. The van der Waals surface area contributed by atoms with Crippen LogP contribution in [-0.2, 0) is 28.4 Å². The number of benzene rings is 2. The van der Waals surface area contributed by atoms with Gasteiger partial charge in [-0.3, -0.25) is 0 Å². The molecule has 0 radical (unpaired) electrons. The number of rotatable bonds is 9. The highest BCUT2D eigenvalue weighted by Crippen LogP contribution is 2.36. The van der Waals surface area contributed by atoms with E-state index in [-0.39, 0.29) is 13.2 Å². The van der Waals surface area contributed by atoms with Crippen molar-refractivity contribution in [2.75, 3.05) is 13.2 Å². The molecule has 2 aliphatic rings. The van der Waals surface area contributed by atoms with E-state index in [9.17, 15) is 9.59 Å². The van der Waals surface area contributed by atoms with Crippen molar-refractivity contribution >= 4 is 24.1 Å². The third kappa shape index (κ3) is 6.57. The standard InChI is InChI=1S/C30H34O8/c1-7-19-9-13-21(14-10-19)27(31)33-17-23-26(38-30(5,6)37-23)25(24-18-34-29(3,4)36-24)35-28(32)22-15-11-20(8-2)12-16-22/h7-16,23-26H,1-2,17-18H2,3-6H3/t23-,24+,25-,26-/m1/s1. The molecule has 2 aromatic rings. The van der Waals surface area contributed by atoms with Crippen LogP contribution in [0.3, 0.4) is 0 Å². The van der Waals surface area contributed by atoms with Gasteiger partial charge in [0, 0.05) is 0 Å². The lowest BCUT2D eigenvalue weighted by Crippen LogP contribution is -2.49. The first-order valence-corrected chi connectivity index (χ1v) is 12.5. The molecule has 0 amide bonds. The molecular weight excluding hydrogens is 488 g/mol. The molecule has 38 heavy (non-hydrogen) atoms. The molecule has 0 unspecified atom stereocenters. The maximum absolute atomic E-state index is 13.2. The van der Waals surface area contributed by atoms with Gasteiger partial charge in [0.25, 0.3) is 0 Å². The molecule has 2 aliphatic heterocycles. The average Bonchev–Trinajstić information content (AvgIpc) is 3.42. The van der Waals surface area contributed by atoms with Crippen LogP contribution < -0.4 is 0 Å². The molecule has 0 N–H and O–H groups in total. The monoisotopic (exact) mass is 522 g/mol. The Morgan fingerprint density at radius 2 is 1.42 bits per heavy atom. The van der Waals surface area contributed by atoms with Crippen LogP contribution in [0.2, 0.25) is 0 Å². The fourth-order valence-electron chi connectivity index (χ4n) is 4.45. The van der Waals surface area contributed by atoms with Crippen LogP contribution in [0.25, 0.3) is 12.2 Å². The smallest absolute Gasteiger partial charge is 0.338 e. The lowest BCUT2D eigenvalue weighted by atomic mass is 10.0. The molecule has 2 heterocycles. The number of ether oxygens (including phenoxy) is 6. The second-order valence-electron chi connectivity index (χ2n) is 10.1. The zero-order valence-electron chi connectivity index (χ0n) is 22.2. The zero-order valence-corrected chi connectivity index (χ0v) is 22.2. The predicted molar refractivity (Wildman–Crippen MR) is 141 cm³/mol. The van der Waals surface area contributed by atoms with Crippen molar-refractivity contribution in [1.29, 1.82) is 0 Å². The van der Waals surface area contributed by atoms with Crippen molar-refractivity contribution in [3.8, 4) is 0 Å². The summed E-state index contributed by atoms with van der Waals surface area (Å²) in [6, 6.07) is 13.8. The van der Waals surface area contributed by atoms with Crippen molar-refractivity contribution in [1.82, 2.24) is 0 Å².